The van der Waals surface area contributed by atoms with Gasteiger partial charge in [0.1, 0.15) is 5.60 Å². The van der Waals surface area contributed by atoms with Gasteiger partial charge in [0.15, 0.2) is 0 Å². The van der Waals surface area contributed by atoms with Crippen LogP contribution in [0.5, 0.6) is 0 Å². The summed E-state index contributed by atoms with van der Waals surface area (Å²) in [5.41, 5.74) is -0.549. The van der Waals surface area contributed by atoms with Crippen LogP contribution in [0.15, 0.2) is 0 Å². The number of hydrogen-bond donors (Lipinski definition) is 1. The number of nitrogens with zero attached hydrogens (tertiary/aromatic N) is 1. The fourth-order valence-electron chi connectivity index (χ4n) is 1.88. The van der Waals surface area contributed by atoms with Gasteiger partial charge in [-0.05, 0) is 40.5 Å². The first kappa shape index (κ1) is 13.8. The zero-order chi connectivity index (χ0) is 13.2. The van der Waals surface area contributed by atoms with Gasteiger partial charge in [-0.1, -0.05) is 0 Å². The number of piperidine rings is 1. The minimum absolute atomic E-state index is 0.0421. The van der Waals surface area contributed by atoms with Crippen molar-refractivity contribution >= 4 is 12.1 Å². The Labute approximate surface area is 102 Å². The summed E-state index contributed by atoms with van der Waals surface area (Å²) in [7, 11) is 0. The Hall–Kier alpha value is -1.26. The van der Waals surface area contributed by atoms with Gasteiger partial charge in [0.05, 0.1) is 5.92 Å². The number of aliphatic carboxylic acids is 1. The molecule has 0 bridgehead atoms. The Balaban J connectivity index is 2.67. The first-order valence-electron chi connectivity index (χ1n) is 5.93. The molecule has 1 saturated heterocycles. The van der Waals surface area contributed by atoms with Crippen molar-refractivity contribution in [2.75, 3.05) is 6.54 Å². The zero-order valence-electron chi connectivity index (χ0n) is 10.9. The van der Waals surface area contributed by atoms with E-state index in [0.29, 0.717) is 12.8 Å². The highest BCUT2D eigenvalue weighted by molar-refractivity contribution is 5.73. The van der Waals surface area contributed by atoms with Crippen molar-refractivity contribution in [1.29, 1.82) is 0 Å². The molecule has 2 unspecified atom stereocenters. The van der Waals surface area contributed by atoms with Gasteiger partial charge in [0.2, 0.25) is 0 Å². The molecule has 0 radical (unpaired) electrons. The third kappa shape index (κ3) is 3.91. The molecule has 1 rings (SSSR count). The van der Waals surface area contributed by atoms with Crippen LogP contribution < -0.4 is 0 Å². The van der Waals surface area contributed by atoms with Crippen LogP contribution in [0.25, 0.3) is 0 Å². The number of hydrogen-bond acceptors (Lipinski definition) is 3. The molecule has 1 N–H and O–H groups in total. The first-order chi connectivity index (χ1) is 7.70. The van der Waals surface area contributed by atoms with Crippen molar-refractivity contribution < 1.29 is 19.4 Å². The second kappa shape index (κ2) is 4.94. The van der Waals surface area contributed by atoms with Crippen molar-refractivity contribution in [3.8, 4) is 0 Å². The van der Waals surface area contributed by atoms with Gasteiger partial charge in [-0.15, -0.1) is 0 Å². The number of amides is 1. The summed E-state index contributed by atoms with van der Waals surface area (Å²) in [5, 5.41) is 8.98. The molecule has 17 heavy (non-hydrogen) atoms. The van der Waals surface area contributed by atoms with Crippen molar-refractivity contribution in [3.05, 3.63) is 0 Å². The van der Waals surface area contributed by atoms with Crippen LogP contribution >= 0.6 is 0 Å². The topological polar surface area (TPSA) is 66.8 Å². The van der Waals surface area contributed by atoms with E-state index in [9.17, 15) is 9.59 Å². The van der Waals surface area contributed by atoms with Gasteiger partial charge in [0.25, 0.3) is 0 Å². The second-order valence-electron chi connectivity index (χ2n) is 5.59. The Morgan fingerprint density at radius 1 is 1.29 bits per heavy atom. The molecule has 0 saturated carbocycles. The Bertz CT molecular complexity index is 308. The lowest BCUT2D eigenvalue weighted by atomic mass is 9.94. The van der Waals surface area contributed by atoms with Gasteiger partial charge in [-0.2, -0.15) is 0 Å². The Morgan fingerprint density at radius 3 is 2.35 bits per heavy atom. The number of carboxylic acid groups (broad SMARTS) is 1. The maximum Gasteiger partial charge on any atom is 0.410 e. The number of carbonyl (C=O) groups excluding carboxylic acids is 1. The molecule has 1 aliphatic rings. The normalized spacial score (nSPS) is 25.5. The standard InChI is InChI=1S/C12H21NO4/c1-8-5-6-9(10(14)15)7-13(8)11(16)17-12(2,3)4/h8-9H,5-7H2,1-4H3,(H,14,15). The molecule has 5 nitrogen and oxygen atoms in total. The van der Waals surface area contributed by atoms with Gasteiger partial charge in [0, 0.05) is 12.6 Å². The smallest absolute Gasteiger partial charge is 0.410 e. The predicted molar refractivity (Wildman–Crippen MR) is 62.8 cm³/mol. The fourth-order valence-corrected chi connectivity index (χ4v) is 1.88. The number of rotatable bonds is 1. The molecular formula is C12H21NO4. The van der Waals surface area contributed by atoms with E-state index in [2.05, 4.69) is 0 Å². The van der Waals surface area contributed by atoms with Crippen LogP contribution in [0.1, 0.15) is 40.5 Å². The summed E-state index contributed by atoms with van der Waals surface area (Å²) in [6, 6.07) is 0.0421. The molecule has 2 atom stereocenters. The lowest BCUT2D eigenvalue weighted by molar-refractivity contribution is -0.143. The average molecular weight is 243 g/mol. The number of likely N-dealkylation sites (tertiary alicyclic amines) is 1. The summed E-state index contributed by atoms with van der Waals surface area (Å²) in [5.74, 6) is -1.32. The first-order valence-corrected chi connectivity index (χ1v) is 5.93. The minimum Gasteiger partial charge on any atom is -0.481 e. The molecule has 0 aliphatic carbocycles. The molecule has 0 spiro atoms. The van der Waals surface area contributed by atoms with E-state index in [4.69, 9.17) is 9.84 Å². The molecule has 1 heterocycles. The van der Waals surface area contributed by atoms with E-state index in [0.717, 1.165) is 0 Å². The van der Waals surface area contributed by atoms with E-state index < -0.39 is 23.6 Å². The van der Waals surface area contributed by atoms with Crippen LogP contribution in [0.3, 0.4) is 0 Å². The SMILES string of the molecule is CC1CCC(C(=O)O)CN1C(=O)OC(C)(C)C. The highest BCUT2D eigenvalue weighted by Crippen LogP contribution is 2.24. The van der Waals surface area contributed by atoms with E-state index in [-0.39, 0.29) is 12.6 Å². The number of carboxylic acids is 1. The number of ether oxygens (including phenoxy) is 1. The monoisotopic (exact) mass is 243 g/mol. The van der Waals surface area contributed by atoms with Crippen molar-refractivity contribution in [3.63, 3.8) is 0 Å². The van der Waals surface area contributed by atoms with Crippen LogP contribution in [0.4, 0.5) is 4.79 Å². The van der Waals surface area contributed by atoms with Crippen LogP contribution in [0, 0.1) is 5.92 Å². The van der Waals surface area contributed by atoms with Crippen molar-refractivity contribution in [1.82, 2.24) is 4.90 Å². The maximum atomic E-state index is 11.9. The fraction of sp³-hybridized carbons (Fsp3) is 0.833. The predicted octanol–water partition coefficient (Wildman–Crippen LogP) is 2.11. The van der Waals surface area contributed by atoms with Gasteiger partial charge >= 0.3 is 12.1 Å². The molecule has 1 aliphatic heterocycles. The van der Waals surface area contributed by atoms with Crippen molar-refractivity contribution in [2.45, 2.75) is 52.2 Å². The van der Waals surface area contributed by atoms with Gasteiger partial charge in [-0.25, -0.2) is 4.79 Å². The summed E-state index contributed by atoms with van der Waals surface area (Å²) < 4.78 is 5.27. The number of carbonyl (C=O) groups is 2. The molecule has 1 fully saturated rings. The van der Waals surface area contributed by atoms with Gasteiger partial charge < -0.3 is 14.7 Å². The molecular weight excluding hydrogens is 222 g/mol. The minimum atomic E-state index is -0.842. The maximum absolute atomic E-state index is 11.9. The quantitative estimate of drug-likeness (QED) is 0.766. The molecule has 0 aromatic heterocycles. The van der Waals surface area contributed by atoms with Gasteiger partial charge in [-0.3, -0.25) is 4.79 Å². The Morgan fingerprint density at radius 2 is 1.88 bits per heavy atom. The van der Waals surface area contributed by atoms with Crippen LogP contribution in [0.2, 0.25) is 0 Å². The zero-order valence-corrected chi connectivity index (χ0v) is 10.9. The third-order valence-electron chi connectivity index (χ3n) is 2.86. The molecule has 0 aromatic rings. The van der Waals surface area contributed by atoms with E-state index >= 15 is 0 Å². The summed E-state index contributed by atoms with van der Waals surface area (Å²) in [6.07, 6.45) is 0.905. The van der Waals surface area contributed by atoms with E-state index in [1.807, 2.05) is 6.92 Å². The molecule has 5 heteroatoms. The summed E-state index contributed by atoms with van der Waals surface area (Å²) >= 11 is 0. The summed E-state index contributed by atoms with van der Waals surface area (Å²) in [6.45, 7) is 7.56. The van der Waals surface area contributed by atoms with Crippen molar-refractivity contribution in [2.24, 2.45) is 5.92 Å². The average Bonchev–Trinajstić information content (AvgIpc) is 2.14. The third-order valence-corrected chi connectivity index (χ3v) is 2.86. The van der Waals surface area contributed by atoms with Crippen LogP contribution in [-0.2, 0) is 9.53 Å². The largest absolute Gasteiger partial charge is 0.481 e. The second-order valence-corrected chi connectivity index (χ2v) is 5.59. The molecule has 1 amide bonds. The lowest BCUT2D eigenvalue weighted by Crippen LogP contribution is -2.49. The van der Waals surface area contributed by atoms with E-state index in [1.165, 1.54) is 4.90 Å². The van der Waals surface area contributed by atoms with E-state index in [1.54, 1.807) is 20.8 Å². The molecule has 0 aromatic carbocycles. The lowest BCUT2D eigenvalue weighted by Gasteiger charge is -2.37. The summed E-state index contributed by atoms with van der Waals surface area (Å²) in [4.78, 5) is 24.4. The molecule has 98 valence electrons. The Kier molecular flexibility index (Phi) is 4.01. The highest BCUT2D eigenvalue weighted by Gasteiger charge is 2.34. The highest BCUT2D eigenvalue weighted by atomic mass is 16.6. The van der Waals surface area contributed by atoms with Crippen LogP contribution in [-0.4, -0.2) is 40.3 Å².